The number of hydrogen-bond acceptors (Lipinski definition) is 5. The maximum absolute atomic E-state index is 12.5. The molecule has 114 valence electrons. The molecular formula is C12H13ClN2O4S2. The second-order valence-corrected chi connectivity index (χ2v) is 9.46. The Hall–Kier alpha value is -1.14. The standard InChI is InChI=1S/C12H13ClN2O4S2/c1-15(10-4-5-20(16,17)8-10)21(18,19)11-3-2-9(7-14)12(13)6-11/h2-3,6,10H,4-5,8H2,1H3. The number of rotatable bonds is 3. The van der Waals surface area contributed by atoms with Gasteiger partial charge in [0.05, 0.1) is 27.0 Å². The molecule has 0 spiro atoms. The van der Waals surface area contributed by atoms with Crippen LogP contribution in [0.4, 0.5) is 0 Å². The summed E-state index contributed by atoms with van der Waals surface area (Å²) in [5.74, 6) is -0.182. The van der Waals surface area contributed by atoms with Gasteiger partial charge in [-0.15, -0.1) is 0 Å². The van der Waals surface area contributed by atoms with Crippen molar-refractivity contribution in [2.45, 2.75) is 17.4 Å². The van der Waals surface area contributed by atoms with Crippen LogP contribution in [-0.2, 0) is 19.9 Å². The summed E-state index contributed by atoms with van der Waals surface area (Å²) in [6, 6.07) is 5.10. The van der Waals surface area contributed by atoms with Gasteiger partial charge in [-0.25, -0.2) is 16.8 Å². The molecule has 0 amide bonds. The Balaban J connectivity index is 2.34. The van der Waals surface area contributed by atoms with Crippen LogP contribution in [0.1, 0.15) is 12.0 Å². The van der Waals surface area contributed by atoms with Gasteiger partial charge in [0.1, 0.15) is 6.07 Å². The van der Waals surface area contributed by atoms with Crippen LogP contribution in [0.5, 0.6) is 0 Å². The largest absolute Gasteiger partial charge is 0.243 e. The Bertz CT molecular complexity index is 812. The average molecular weight is 349 g/mol. The SMILES string of the molecule is CN(C1CCS(=O)(=O)C1)S(=O)(=O)c1ccc(C#N)c(Cl)c1. The van der Waals surface area contributed by atoms with E-state index in [9.17, 15) is 16.8 Å². The van der Waals surface area contributed by atoms with Gasteiger partial charge in [-0.1, -0.05) is 11.6 Å². The van der Waals surface area contributed by atoms with Gasteiger partial charge in [0.15, 0.2) is 9.84 Å². The van der Waals surface area contributed by atoms with Crippen molar-refractivity contribution in [2.75, 3.05) is 18.6 Å². The predicted octanol–water partition coefficient (Wildman–Crippen LogP) is 1.02. The second-order valence-electron chi connectivity index (χ2n) is 4.83. The van der Waals surface area contributed by atoms with Crippen molar-refractivity contribution in [1.82, 2.24) is 4.31 Å². The first-order valence-electron chi connectivity index (χ1n) is 6.05. The summed E-state index contributed by atoms with van der Waals surface area (Å²) in [5, 5.41) is 8.84. The van der Waals surface area contributed by atoms with Crippen LogP contribution in [0.15, 0.2) is 23.1 Å². The minimum absolute atomic E-state index is 0.00828. The summed E-state index contributed by atoms with van der Waals surface area (Å²) < 4.78 is 48.9. The van der Waals surface area contributed by atoms with Crippen LogP contribution >= 0.6 is 11.6 Å². The fourth-order valence-electron chi connectivity index (χ4n) is 2.17. The average Bonchev–Trinajstić information content (AvgIpc) is 2.77. The van der Waals surface area contributed by atoms with Crippen molar-refractivity contribution in [2.24, 2.45) is 0 Å². The Labute approximate surface area is 128 Å². The first-order valence-corrected chi connectivity index (χ1v) is 9.69. The fourth-order valence-corrected chi connectivity index (χ4v) is 5.74. The van der Waals surface area contributed by atoms with E-state index >= 15 is 0 Å². The molecule has 1 unspecified atom stereocenters. The maximum Gasteiger partial charge on any atom is 0.243 e. The highest BCUT2D eigenvalue weighted by Gasteiger charge is 2.36. The zero-order valence-electron chi connectivity index (χ0n) is 11.2. The number of halogens is 1. The molecule has 21 heavy (non-hydrogen) atoms. The highest BCUT2D eigenvalue weighted by Crippen LogP contribution is 2.26. The fraction of sp³-hybridized carbons (Fsp3) is 0.417. The molecule has 0 bridgehead atoms. The van der Waals surface area contributed by atoms with Crippen molar-refractivity contribution in [1.29, 1.82) is 5.26 Å². The molecule has 9 heteroatoms. The van der Waals surface area contributed by atoms with E-state index in [4.69, 9.17) is 16.9 Å². The third kappa shape index (κ3) is 3.21. The maximum atomic E-state index is 12.5. The van der Waals surface area contributed by atoms with Gasteiger partial charge in [-0.05, 0) is 24.6 Å². The third-order valence-corrected chi connectivity index (χ3v) is 7.43. The van der Waals surface area contributed by atoms with Crippen LogP contribution in [0.2, 0.25) is 5.02 Å². The summed E-state index contributed by atoms with van der Waals surface area (Å²) in [6.45, 7) is 0. The van der Waals surface area contributed by atoms with Crippen molar-refractivity contribution >= 4 is 31.5 Å². The van der Waals surface area contributed by atoms with Crippen molar-refractivity contribution in [3.8, 4) is 6.07 Å². The van der Waals surface area contributed by atoms with E-state index in [1.54, 1.807) is 0 Å². The highest BCUT2D eigenvalue weighted by atomic mass is 35.5. The van der Waals surface area contributed by atoms with E-state index in [0.29, 0.717) is 0 Å². The first-order chi connectivity index (χ1) is 9.67. The van der Waals surface area contributed by atoms with E-state index < -0.39 is 25.9 Å². The number of nitrogens with zero attached hydrogens (tertiary/aromatic N) is 2. The molecule has 2 rings (SSSR count). The zero-order valence-corrected chi connectivity index (χ0v) is 13.5. The molecule has 1 atom stereocenters. The molecular weight excluding hydrogens is 336 g/mol. The molecule has 1 aliphatic heterocycles. The van der Waals surface area contributed by atoms with Crippen molar-refractivity contribution < 1.29 is 16.8 Å². The van der Waals surface area contributed by atoms with Crippen LogP contribution in [0, 0.1) is 11.3 Å². The van der Waals surface area contributed by atoms with E-state index in [0.717, 1.165) is 4.31 Å². The molecule has 0 radical (unpaired) electrons. The van der Waals surface area contributed by atoms with Gasteiger partial charge in [0.25, 0.3) is 0 Å². The lowest BCUT2D eigenvalue weighted by Crippen LogP contribution is -2.37. The molecule has 1 aromatic carbocycles. The lowest BCUT2D eigenvalue weighted by molar-refractivity contribution is 0.394. The van der Waals surface area contributed by atoms with Gasteiger partial charge < -0.3 is 0 Å². The quantitative estimate of drug-likeness (QED) is 0.812. The second kappa shape index (κ2) is 5.57. The van der Waals surface area contributed by atoms with Gasteiger partial charge in [0.2, 0.25) is 10.0 Å². The molecule has 1 fully saturated rings. The Kier molecular flexibility index (Phi) is 4.31. The first kappa shape index (κ1) is 16.2. The van der Waals surface area contributed by atoms with Gasteiger partial charge in [-0.3, -0.25) is 0 Å². The lowest BCUT2D eigenvalue weighted by Gasteiger charge is -2.22. The van der Waals surface area contributed by atoms with E-state index in [1.807, 2.05) is 6.07 Å². The molecule has 6 nitrogen and oxygen atoms in total. The molecule has 0 N–H and O–H groups in total. The molecule has 1 heterocycles. The zero-order chi connectivity index (χ0) is 15.8. The summed E-state index contributed by atoms with van der Waals surface area (Å²) >= 11 is 5.84. The third-order valence-electron chi connectivity index (χ3n) is 3.46. The number of benzene rings is 1. The monoisotopic (exact) mass is 348 g/mol. The van der Waals surface area contributed by atoms with Crippen LogP contribution < -0.4 is 0 Å². The number of hydrogen-bond donors (Lipinski definition) is 0. The summed E-state index contributed by atoms with van der Waals surface area (Å²) in [4.78, 5) is -0.0571. The van der Waals surface area contributed by atoms with Crippen molar-refractivity contribution in [3.05, 3.63) is 28.8 Å². The van der Waals surface area contributed by atoms with Crippen molar-refractivity contribution in [3.63, 3.8) is 0 Å². The van der Waals surface area contributed by atoms with E-state index in [-0.39, 0.29) is 33.4 Å². The summed E-state index contributed by atoms with van der Waals surface area (Å²) in [5.41, 5.74) is 0.182. The number of sulfone groups is 1. The molecule has 0 aliphatic carbocycles. The minimum atomic E-state index is -3.85. The Morgan fingerprint density at radius 3 is 2.57 bits per heavy atom. The highest BCUT2D eigenvalue weighted by molar-refractivity contribution is 7.92. The molecule has 1 saturated heterocycles. The Morgan fingerprint density at radius 1 is 1.43 bits per heavy atom. The predicted molar refractivity (Wildman–Crippen MR) is 78.2 cm³/mol. The minimum Gasteiger partial charge on any atom is -0.229 e. The Morgan fingerprint density at radius 2 is 2.10 bits per heavy atom. The van der Waals surface area contributed by atoms with Crippen LogP contribution in [0.3, 0.4) is 0 Å². The van der Waals surface area contributed by atoms with Crippen LogP contribution in [0.25, 0.3) is 0 Å². The lowest BCUT2D eigenvalue weighted by atomic mass is 10.2. The van der Waals surface area contributed by atoms with Gasteiger partial charge >= 0.3 is 0 Å². The summed E-state index contributed by atoms with van der Waals surface area (Å²) in [7, 11) is -5.67. The van der Waals surface area contributed by atoms with Crippen LogP contribution in [-0.4, -0.2) is 45.7 Å². The van der Waals surface area contributed by atoms with Gasteiger partial charge in [-0.2, -0.15) is 9.57 Å². The topological polar surface area (TPSA) is 95.3 Å². The molecule has 1 aromatic rings. The van der Waals surface area contributed by atoms with Gasteiger partial charge in [0, 0.05) is 13.1 Å². The molecule has 0 saturated carbocycles. The molecule has 1 aliphatic rings. The number of sulfonamides is 1. The smallest absolute Gasteiger partial charge is 0.229 e. The number of nitriles is 1. The van der Waals surface area contributed by atoms with E-state index in [1.165, 1.54) is 25.2 Å². The molecule has 0 aromatic heterocycles. The summed E-state index contributed by atoms with van der Waals surface area (Å²) in [6.07, 6.45) is 0.280. The normalized spacial score (nSPS) is 21.3. The van der Waals surface area contributed by atoms with E-state index in [2.05, 4.69) is 0 Å².